The van der Waals surface area contributed by atoms with Crippen LogP contribution in [0.3, 0.4) is 0 Å². The Morgan fingerprint density at radius 3 is 0.965 bits per heavy atom. The zero-order valence-corrected chi connectivity index (χ0v) is 48.0. The Morgan fingerprint density at radius 1 is 0.912 bits per heavy atom. The second kappa shape index (κ2) is 95.4. The van der Waals surface area contributed by atoms with E-state index in [1.807, 2.05) is 74.3 Å². The number of thiol groups is 1. The van der Waals surface area contributed by atoms with E-state index in [1.165, 1.54) is 27.8 Å². The molecular formula is C42H103N5O5PS4+. The van der Waals surface area contributed by atoms with E-state index >= 15 is 0 Å². The molecule has 0 atom stereocenters. The largest absolute Gasteiger partial charge is 0.400 e. The average Bonchev–Trinajstić information content (AvgIpc) is 2.99. The highest BCUT2D eigenvalue weighted by Gasteiger charge is 2.04. The van der Waals surface area contributed by atoms with Crippen molar-refractivity contribution in [2.75, 3.05) is 80.8 Å². The van der Waals surface area contributed by atoms with Crippen molar-refractivity contribution >= 4 is 77.3 Å². The molecule has 0 saturated carbocycles. The molecule has 57 heavy (non-hydrogen) atoms. The summed E-state index contributed by atoms with van der Waals surface area (Å²) in [4.78, 5) is 14.2. The molecule has 0 amide bonds. The lowest BCUT2D eigenvalue weighted by Gasteiger charge is -2.14. The number of nitriles is 1. The van der Waals surface area contributed by atoms with E-state index in [0.717, 1.165) is 17.7 Å². The summed E-state index contributed by atoms with van der Waals surface area (Å²) < 4.78 is 24.5. The van der Waals surface area contributed by atoms with E-state index < -0.39 is 18.6 Å². The molecule has 0 aromatic carbocycles. The van der Waals surface area contributed by atoms with Gasteiger partial charge in [0.2, 0.25) is 0 Å². The highest BCUT2D eigenvalue weighted by molar-refractivity contribution is 7.99. The summed E-state index contributed by atoms with van der Waals surface area (Å²) in [5, 5.41) is 23.6. The van der Waals surface area contributed by atoms with Gasteiger partial charge in [-0.3, -0.25) is 9.20 Å². The highest BCUT2D eigenvalue weighted by atomic mass is 32.2. The standard InChI is InChI=1S/C5H12O.C5H12S.C5H12.C4H9N.C3H7N.C3H6O.C3H6S.C3H4.C2H7N.C2H3N.C2H6OP.C2H6OS.CH5N.CH4O.CH4S/c2*1-5(2,3)6-4;1-5(2,3)4;1-4(2)5-3;3*1-3(2)4;2*1-3-2;1-2-3;2*1-4(2)3;3*1-2/h2*1-4H3;1-4H3;1-3H3;4H,1-2H3;2*1-2H3;1H,2H3;3H,1-2H3;1H3;2*1-2H3;2H2,1H3;2*2H,1H3/q;;;;;;;;;;+1;;;;. The maximum Gasteiger partial charge on any atom is 0.332 e. The Kier molecular flexibility index (Phi) is 169. The number of carbonyl (C=O) groups excluding carboxylic acids is 1. The quantitative estimate of drug-likeness (QED) is 0.0516. The lowest BCUT2D eigenvalue weighted by Crippen LogP contribution is -2.15. The van der Waals surface area contributed by atoms with Crippen molar-refractivity contribution in [3.63, 3.8) is 0 Å². The molecule has 0 aliphatic rings. The van der Waals surface area contributed by atoms with Crippen LogP contribution < -0.4 is 11.1 Å². The van der Waals surface area contributed by atoms with E-state index in [9.17, 15) is 13.6 Å². The second-order valence-corrected chi connectivity index (χ2v) is 19.7. The minimum atomic E-state index is -0.870. The van der Waals surface area contributed by atoms with Crippen molar-refractivity contribution in [1.82, 2.24) is 5.32 Å². The molecule has 0 radical (unpaired) electrons. The van der Waals surface area contributed by atoms with Crippen molar-refractivity contribution < 1.29 is 23.4 Å². The van der Waals surface area contributed by atoms with Crippen molar-refractivity contribution in [3.05, 3.63) is 0 Å². The lowest BCUT2D eigenvalue weighted by atomic mass is 10.0. The van der Waals surface area contributed by atoms with Gasteiger partial charge in [0.1, 0.15) is 19.1 Å². The number of thiocarbonyl (C=S) groups is 1. The summed E-state index contributed by atoms with van der Waals surface area (Å²) in [6.07, 6.45) is 11.7. The summed E-state index contributed by atoms with van der Waals surface area (Å²) in [7, 11) is 8.26. The number of Topliss-reactive ketones (excluding diaryl/α,β-unsaturated/α-hetero) is 1. The minimum absolute atomic E-state index is 0.0417. The van der Waals surface area contributed by atoms with E-state index in [-0.39, 0.29) is 11.4 Å². The number of ketones is 1. The normalized spacial score (nSPS) is 7.54. The number of nitrogens with two attached hydrogens (primary N) is 1. The van der Waals surface area contributed by atoms with Gasteiger partial charge in [-0.2, -0.15) is 29.7 Å². The molecule has 5 N–H and O–H groups in total. The number of hydrogen-bond acceptors (Lipinski definition) is 13. The summed E-state index contributed by atoms with van der Waals surface area (Å²) >= 11 is 9.95. The predicted octanol–water partition coefficient (Wildman–Crippen LogP) is 11.6. The third-order valence-electron chi connectivity index (χ3n) is 1.67. The number of hydrogen-bond donors (Lipinski definition) is 5. The highest BCUT2D eigenvalue weighted by Crippen LogP contribution is 2.18. The molecule has 0 aliphatic carbocycles. The fourth-order valence-corrected chi connectivity index (χ4v) is 0. The number of ether oxygens (including phenoxy) is 1. The Morgan fingerprint density at radius 2 is 0.965 bits per heavy atom. The average molecular weight is 918 g/mol. The number of terminal acetylenes is 1. The van der Waals surface area contributed by atoms with Crippen LogP contribution in [-0.2, 0) is 24.9 Å². The summed E-state index contributed by atoms with van der Waals surface area (Å²) in [5.74, 6) is 2.42. The van der Waals surface area contributed by atoms with Crippen LogP contribution in [0, 0.1) is 34.5 Å². The van der Waals surface area contributed by atoms with Crippen LogP contribution in [0.2, 0.25) is 0 Å². The molecule has 0 spiro atoms. The number of aliphatic hydroxyl groups excluding tert-OH is 1. The SMILES string of the molecule is C#CC.CC#N.CC(C)(C)C.CC(C)=N.CC(C)=O.CC(C)=S.CN.CN=C(C)C.CNC.CO.COC(C)(C)C.CS.CS(C)=O.CSC(C)(C)C.C[P+](C)=O. The number of thioether (sulfide) groups is 1. The fraction of sp³-hybridized carbons (Fsp3) is 0.833. The Balaban J connectivity index is -0.0000000258. The van der Waals surface area contributed by atoms with Crippen LogP contribution in [0.25, 0.3) is 0 Å². The minimum Gasteiger partial charge on any atom is -0.400 e. The maximum absolute atomic E-state index is 9.59. The van der Waals surface area contributed by atoms with E-state index in [1.54, 1.807) is 73.1 Å². The zero-order chi connectivity index (χ0) is 51.2. The van der Waals surface area contributed by atoms with Crippen LogP contribution in [-0.4, -0.2) is 122 Å². The Bertz CT molecular complexity index is 749. The molecular weight excluding hydrogens is 814 g/mol. The summed E-state index contributed by atoms with van der Waals surface area (Å²) in [6, 6.07) is 1.75. The first-order valence-corrected chi connectivity index (χ1v) is 24.2. The molecule has 0 aliphatic heterocycles. The molecule has 0 heterocycles. The van der Waals surface area contributed by atoms with E-state index in [2.05, 4.69) is 108 Å². The topological polar surface area (TPSA) is 179 Å². The number of nitrogens with one attached hydrogen (secondary N) is 2. The predicted molar refractivity (Wildman–Crippen MR) is 283 cm³/mol. The zero-order valence-electron chi connectivity index (χ0n) is 43.7. The molecule has 0 bridgehead atoms. The van der Waals surface area contributed by atoms with Crippen LogP contribution >= 0.6 is 44.4 Å². The monoisotopic (exact) mass is 917 g/mol. The van der Waals surface area contributed by atoms with Gasteiger partial charge in [-0.15, -0.1) is 12.3 Å². The van der Waals surface area contributed by atoms with Gasteiger partial charge in [-0.1, -0.05) is 65.2 Å². The Labute approximate surface area is 378 Å². The first kappa shape index (κ1) is 101. The van der Waals surface area contributed by atoms with Gasteiger partial charge in [-0.25, -0.2) is 0 Å². The Hall–Kier alpha value is -1.06. The van der Waals surface area contributed by atoms with Crippen molar-refractivity contribution in [3.8, 4) is 18.4 Å². The van der Waals surface area contributed by atoms with Gasteiger partial charge < -0.3 is 31.1 Å². The second-order valence-electron chi connectivity index (χ2n) is 14.2. The molecule has 15 heteroatoms. The molecule has 354 valence electrons. The van der Waals surface area contributed by atoms with Gasteiger partial charge >= 0.3 is 7.80 Å². The summed E-state index contributed by atoms with van der Waals surface area (Å²) in [6.45, 7) is 42.2. The smallest absolute Gasteiger partial charge is 0.332 e. The van der Waals surface area contributed by atoms with Crippen LogP contribution in [0.5, 0.6) is 0 Å². The van der Waals surface area contributed by atoms with Gasteiger partial charge in [0.05, 0.1) is 11.7 Å². The number of nitrogens with zero attached hydrogens (tertiary/aromatic N) is 2. The van der Waals surface area contributed by atoms with Crippen molar-refractivity contribution in [2.24, 2.45) is 16.1 Å². The molecule has 0 saturated heterocycles. The van der Waals surface area contributed by atoms with Gasteiger partial charge in [0.25, 0.3) is 0 Å². The molecule has 0 rings (SSSR count). The fourth-order valence-electron chi connectivity index (χ4n) is 0. The van der Waals surface area contributed by atoms with Crippen LogP contribution in [0.1, 0.15) is 138 Å². The van der Waals surface area contributed by atoms with Gasteiger partial charge in [0, 0.05) is 67.7 Å². The number of rotatable bonds is 0. The number of carbonyl (C=O) groups is 1. The van der Waals surface area contributed by atoms with Crippen molar-refractivity contribution in [2.45, 2.75) is 149 Å². The van der Waals surface area contributed by atoms with Crippen molar-refractivity contribution in [1.29, 1.82) is 10.7 Å². The molecule has 0 fully saturated rings. The van der Waals surface area contributed by atoms with E-state index in [4.69, 9.17) is 20.5 Å². The first-order valence-electron chi connectivity index (χ1n) is 17.6. The first-order chi connectivity index (χ1) is 25.3. The lowest BCUT2D eigenvalue weighted by molar-refractivity contribution is -0.115. The number of aliphatic imine (C=N–C) groups is 1. The van der Waals surface area contributed by atoms with Gasteiger partial charge in [0.15, 0.2) is 0 Å². The maximum atomic E-state index is 9.59. The van der Waals surface area contributed by atoms with Crippen LogP contribution in [0.4, 0.5) is 0 Å². The molecule has 0 aromatic heterocycles. The molecule has 0 unspecified atom stereocenters. The third-order valence-corrected chi connectivity index (χ3v) is 2.90. The third kappa shape index (κ3) is 3200. The van der Waals surface area contributed by atoms with Gasteiger partial charge in [-0.05, 0) is 127 Å². The van der Waals surface area contributed by atoms with E-state index in [0.29, 0.717) is 15.9 Å². The summed E-state index contributed by atoms with van der Waals surface area (Å²) in [5.41, 5.74) is 6.84. The van der Waals surface area contributed by atoms with Crippen LogP contribution in [0.15, 0.2) is 4.99 Å². The molecule has 10 nitrogen and oxygen atoms in total. The number of aliphatic hydroxyl groups is 1. The molecule has 0 aromatic rings. The number of methoxy groups -OCH3 is 1.